The summed E-state index contributed by atoms with van der Waals surface area (Å²) in [5, 5.41) is 4.35. The molecule has 1 aliphatic rings. The molecule has 0 aliphatic carbocycles. The molecule has 8 heteroatoms. The highest BCUT2D eigenvalue weighted by Crippen LogP contribution is 2.35. The third-order valence-corrected chi connectivity index (χ3v) is 4.80. The van der Waals surface area contributed by atoms with Gasteiger partial charge in [0, 0.05) is 29.7 Å². The van der Waals surface area contributed by atoms with Crippen molar-refractivity contribution in [1.29, 1.82) is 0 Å². The quantitative estimate of drug-likeness (QED) is 0.652. The maximum atomic E-state index is 13.2. The number of alkyl halides is 3. The molecule has 0 bridgehead atoms. The van der Waals surface area contributed by atoms with Gasteiger partial charge in [0.25, 0.3) is 5.91 Å². The van der Waals surface area contributed by atoms with Crippen LogP contribution in [0.1, 0.15) is 34.7 Å². The van der Waals surface area contributed by atoms with Crippen molar-refractivity contribution in [3.05, 3.63) is 65.7 Å². The number of fused-ring (bicyclic) bond motifs is 1. The zero-order valence-corrected chi connectivity index (χ0v) is 15.2. The fourth-order valence-corrected chi connectivity index (χ4v) is 3.46. The van der Waals surface area contributed by atoms with Crippen LogP contribution in [0.25, 0.3) is 11.1 Å². The van der Waals surface area contributed by atoms with Crippen molar-refractivity contribution in [3.8, 4) is 11.1 Å². The maximum Gasteiger partial charge on any atom is 0.416 e. The van der Waals surface area contributed by atoms with E-state index in [1.807, 2.05) is 19.9 Å². The number of carbonyl (C=O) groups is 1. The number of carbonyl (C=O) groups excluding carboxylic acids is 1. The Labute approximate surface area is 159 Å². The van der Waals surface area contributed by atoms with Crippen molar-refractivity contribution in [2.24, 2.45) is 0 Å². The van der Waals surface area contributed by atoms with Gasteiger partial charge in [0.2, 0.25) is 0 Å². The minimum Gasteiger partial charge on any atom is -0.305 e. The Kier molecular flexibility index (Phi) is 4.21. The van der Waals surface area contributed by atoms with Gasteiger partial charge in [0.1, 0.15) is 5.69 Å². The van der Waals surface area contributed by atoms with Crippen LogP contribution in [0.2, 0.25) is 0 Å². The number of aryl methyl sites for hydroxylation is 1. The molecular formula is C20H17F3N4O. The van der Waals surface area contributed by atoms with Crippen molar-refractivity contribution in [1.82, 2.24) is 14.8 Å². The normalized spacial score (nSPS) is 17.0. The lowest BCUT2D eigenvalue weighted by atomic mass is 10.0. The summed E-state index contributed by atoms with van der Waals surface area (Å²) in [5.41, 5.74) is 2.02. The molecule has 1 atom stereocenters. The zero-order chi connectivity index (χ0) is 20.1. The number of pyridine rings is 1. The monoisotopic (exact) mass is 386 g/mol. The smallest absolute Gasteiger partial charge is 0.305 e. The van der Waals surface area contributed by atoms with E-state index < -0.39 is 11.7 Å². The molecule has 1 aliphatic heterocycles. The zero-order valence-electron chi connectivity index (χ0n) is 15.2. The van der Waals surface area contributed by atoms with Crippen LogP contribution < -0.4 is 4.90 Å². The molecule has 144 valence electrons. The van der Waals surface area contributed by atoms with Gasteiger partial charge in [-0.2, -0.15) is 18.3 Å². The lowest BCUT2D eigenvalue weighted by molar-refractivity contribution is -0.137. The molecule has 28 heavy (non-hydrogen) atoms. The lowest BCUT2D eigenvalue weighted by Crippen LogP contribution is -2.42. The van der Waals surface area contributed by atoms with Gasteiger partial charge < -0.3 is 4.90 Å². The van der Waals surface area contributed by atoms with E-state index >= 15 is 0 Å². The number of anilines is 1. The van der Waals surface area contributed by atoms with Crippen LogP contribution in [0, 0.1) is 6.92 Å². The van der Waals surface area contributed by atoms with Crippen molar-refractivity contribution >= 4 is 11.6 Å². The van der Waals surface area contributed by atoms with E-state index in [4.69, 9.17) is 0 Å². The molecule has 1 aromatic carbocycles. The third-order valence-electron chi connectivity index (χ3n) is 4.80. The van der Waals surface area contributed by atoms with Gasteiger partial charge in [-0.05, 0) is 49.7 Å². The molecule has 3 heterocycles. The molecule has 0 radical (unpaired) electrons. The molecule has 4 rings (SSSR count). The number of hydrogen-bond donors (Lipinski definition) is 0. The minimum absolute atomic E-state index is 0.182. The highest BCUT2D eigenvalue weighted by atomic mass is 19.4. The van der Waals surface area contributed by atoms with Crippen molar-refractivity contribution in [2.75, 3.05) is 11.4 Å². The van der Waals surface area contributed by atoms with Gasteiger partial charge in [0.05, 0.1) is 17.8 Å². The van der Waals surface area contributed by atoms with Gasteiger partial charge >= 0.3 is 6.18 Å². The lowest BCUT2D eigenvalue weighted by Gasteiger charge is -2.32. The summed E-state index contributed by atoms with van der Waals surface area (Å²) < 4.78 is 40.9. The number of hydrogen-bond acceptors (Lipinski definition) is 3. The Balaban J connectivity index is 1.79. The van der Waals surface area contributed by atoms with Crippen LogP contribution in [0.4, 0.5) is 18.9 Å². The number of halogens is 3. The Morgan fingerprint density at radius 3 is 2.68 bits per heavy atom. The first-order valence-electron chi connectivity index (χ1n) is 8.75. The molecule has 2 aromatic heterocycles. The summed E-state index contributed by atoms with van der Waals surface area (Å²) in [6.07, 6.45) is -1.20. The number of amides is 1. The maximum absolute atomic E-state index is 13.2. The highest BCUT2D eigenvalue weighted by molar-refractivity contribution is 6.09. The number of aromatic nitrogens is 3. The first kappa shape index (κ1) is 18.2. The molecule has 0 saturated heterocycles. The van der Waals surface area contributed by atoms with Gasteiger partial charge in [-0.25, -0.2) is 0 Å². The van der Waals surface area contributed by atoms with E-state index in [1.165, 1.54) is 17.0 Å². The second-order valence-electron chi connectivity index (χ2n) is 6.85. The molecular weight excluding hydrogens is 369 g/mol. The molecule has 0 fully saturated rings. The van der Waals surface area contributed by atoms with Gasteiger partial charge in [0.15, 0.2) is 0 Å². The molecule has 1 unspecified atom stereocenters. The fourth-order valence-electron chi connectivity index (χ4n) is 3.46. The first-order chi connectivity index (χ1) is 13.3. The van der Waals surface area contributed by atoms with Gasteiger partial charge in [-0.1, -0.05) is 6.07 Å². The van der Waals surface area contributed by atoms with Crippen molar-refractivity contribution in [3.63, 3.8) is 0 Å². The van der Waals surface area contributed by atoms with Crippen LogP contribution in [0.5, 0.6) is 0 Å². The summed E-state index contributed by atoms with van der Waals surface area (Å²) in [7, 11) is 0. The van der Waals surface area contributed by atoms with E-state index in [0.29, 0.717) is 11.3 Å². The van der Waals surface area contributed by atoms with E-state index in [1.54, 1.807) is 23.1 Å². The fraction of sp³-hybridized carbons (Fsp3) is 0.250. The predicted octanol–water partition coefficient (Wildman–Crippen LogP) is 4.49. The Morgan fingerprint density at radius 2 is 1.96 bits per heavy atom. The van der Waals surface area contributed by atoms with E-state index in [-0.39, 0.29) is 24.2 Å². The van der Waals surface area contributed by atoms with Crippen LogP contribution >= 0.6 is 0 Å². The van der Waals surface area contributed by atoms with Gasteiger partial charge in [-0.15, -0.1) is 0 Å². The number of rotatable bonds is 2. The van der Waals surface area contributed by atoms with Crippen LogP contribution in [0.15, 0.2) is 48.8 Å². The topological polar surface area (TPSA) is 51.0 Å². The molecule has 5 nitrogen and oxygen atoms in total. The standard InChI is InChI=1S/C20H17F3N4O/c1-12-8-14(6-7-24-12)17-10-25-27-13(2)11-26(19(28)18(17)27)16-5-3-4-15(9-16)20(21,22)23/h3-10,13H,11H2,1-2H3. The Bertz CT molecular complexity index is 1060. The summed E-state index contributed by atoms with van der Waals surface area (Å²) in [6.45, 7) is 3.97. The largest absolute Gasteiger partial charge is 0.416 e. The van der Waals surface area contributed by atoms with Crippen molar-refractivity contribution in [2.45, 2.75) is 26.1 Å². The summed E-state index contributed by atoms with van der Waals surface area (Å²) in [6, 6.07) is 8.28. The second kappa shape index (κ2) is 6.47. The molecule has 0 saturated carbocycles. The first-order valence-corrected chi connectivity index (χ1v) is 8.75. The summed E-state index contributed by atoms with van der Waals surface area (Å²) >= 11 is 0. The summed E-state index contributed by atoms with van der Waals surface area (Å²) in [5.74, 6) is -0.376. The van der Waals surface area contributed by atoms with Crippen LogP contribution in [-0.4, -0.2) is 27.2 Å². The Morgan fingerprint density at radius 1 is 1.18 bits per heavy atom. The average Bonchev–Trinajstić information content (AvgIpc) is 3.10. The van der Waals surface area contributed by atoms with E-state index in [0.717, 1.165) is 23.4 Å². The van der Waals surface area contributed by atoms with E-state index in [2.05, 4.69) is 10.1 Å². The summed E-state index contributed by atoms with van der Waals surface area (Å²) in [4.78, 5) is 18.8. The highest BCUT2D eigenvalue weighted by Gasteiger charge is 2.35. The second-order valence-corrected chi connectivity index (χ2v) is 6.85. The average molecular weight is 386 g/mol. The molecule has 0 spiro atoms. The minimum atomic E-state index is -4.47. The molecule has 1 amide bonds. The predicted molar refractivity (Wildman–Crippen MR) is 98.0 cm³/mol. The molecule has 0 N–H and O–H groups in total. The van der Waals surface area contributed by atoms with Crippen LogP contribution in [-0.2, 0) is 6.18 Å². The third kappa shape index (κ3) is 3.04. The van der Waals surface area contributed by atoms with Gasteiger partial charge in [-0.3, -0.25) is 14.5 Å². The Hall–Kier alpha value is -3.16. The van der Waals surface area contributed by atoms with Crippen LogP contribution in [0.3, 0.4) is 0 Å². The number of nitrogens with zero attached hydrogens (tertiary/aromatic N) is 4. The van der Waals surface area contributed by atoms with Crippen molar-refractivity contribution < 1.29 is 18.0 Å². The SMILES string of the molecule is Cc1cc(-c2cnn3c2C(=O)N(c2cccc(C(F)(F)F)c2)CC3C)ccn1. The molecule has 3 aromatic rings. The number of benzene rings is 1. The van der Waals surface area contributed by atoms with E-state index in [9.17, 15) is 18.0 Å².